The van der Waals surface area contributed by atoms with Crippen LogP contribution >= 0.6 is 15.9 Å². The molecule has 1 N–H and O–H groups in total. The van der Waals surface area contributed by atoms with Crippen LogP contribution in [0.3, 0.4) is 0 Å². The van der Waals surface area contributed by atoms with E-state index in [9.17, 15) is 9.90 Å². The maximum atomic E-state index is 10.7. The van der Waals surface area contributed by atoms with Gasteiger partial charge >= 0.3 is 0 Å². The highest BCUT2D eigenvalue weighted by atomic mass is 79.9. The van der Waals surface area contributed by atoms with E-state index in [1.54, 1.807) is 0 Å². The maximum Gasteiger partial charge on any atom is 0.197 e. The minimum absolute atomic E-state index is 0.124. The van der Waals surface area contributed by atoms with Crippen molar-refractivity contribution in [3.8, 4) is 0 Å². The van der Waals surface area contributed by atoms with Gasteiger partial charge in [-0.05, 0) is 48.0 Å². The van der Waals surface area contributed by atoms with Crippen molar-refractivity contribution in [2.75, 3.05) is 0 Å². The zero-order valence-corrected chi connectivity index (χ0v) is 15.2. The van der Waals surface area contributed by atoms with Gasteiger partial charge in [0.2, 0.25) is 0 Å². The van der Waals surface area contributed by atoms with E-state index in [1.807, 2.05) is 0 Å². The van der Waals surface area contributed by atoms with Crippen molar-refractivity contribution < 1.29 is 9.90 Å². The lowest BCUT2D eigenvalue weighted by molar-refractivity contribution is -0.110. The first-order chi connectivity index (χ1) is 10.2. The van der Waals surface area contributed by atoms with E-state index >= 15 is 0 Å². The van der Waals surface area contributed by atoms with E-state index in [2.05, 4.69) is 35.0 Å². The Balaban J connectivity index is 3.26. The first-order valence-electron chi connectivity index (χ1n) is 8.68. The topological polar surface area (TPSA) is 37.3 Å². The zero-order chi connectivity index (χ0) is 15.8. The molecule has 0 aliphatic heterocycles. The summed E-state index contributed by atoms with van der Waals surface area (Å²) >= 11 is 2.95. The Morgan fingerprint density at radius 1 is 1.00 bits per heavy atom. The predicted octanol–water partition coefficient (Wildman–Crippen LogP) is 5.92. The SMILES string of the molecule is CCCCCC[C@@H](O)C/C=C\CCCCCCCC(=O)Br. The third kappa shape index (κ3) is 17.8. The molecule has 0 spiro atoms. The van der Waals surface area contributed by atoms with Crippen molar-refractivity contribution in [2.45, 2.75) is 96.5 Å². The summed E-state index contributed by atoms with van der Waals surface area (Å²) in [6.07, 6.45) is 18.5. The highest BCUT2D eigenvalue weighted by Crippen LogP contribution is 2.11. The van der Waals surface area contributed by atoms with Crippen molar-refractivity contribution in [2.24, 2.45) is 0 Å². The van der Waals surface area contributed by atoms with Gasteiger partial charge in [-0.25, -0.2) is 0 Å². The molecule has 0 aliphatic carbocycles. The molecule has 0 unspecified atom stereocenters. The lowest BCUT2D eigenvalue weighted by Gasteiger charge is -2.07. The van der Waals surface area contributed by atoms with Gasteiger partial charge < -0.3 is 5.11 Å². The molecule has 0 fully saturated rings. The van der Waals surface area contributed by atoms with Crippen LogP contribution in [-0.4, -0.2) is 15.9 Å². The molecule has 1 atom stereocenters. The first kappa shape index (κ1) is 20.9. The quantitative estimate of drug-likeness (QED) is 0.223. The summed E-state index contributed by atoms with van der Waals surface area (Å²) in [5, 5.41) is 9.81. The predicted molar refractivity (Wildman–Crippen MR) is 94.8 cm³/mol. The second kappa shape index (κ2) is 16.2. The molecular formula is C18H33BrO2. The van der Waals surface area contributed by atoms with Crippen LogP contribution in [0.4, 0.5) is 0 Å². The van der Waals surface area contributed by atoms with Crippen molar-refractivity contribution in [3.63, 3.8) is 0 Å². The van der Waals surface area contributed by atoms with Gasteiger partial charge in [0.15, 0.2) is 4.69 Å². The Morgan fingerprint density at radius 3 is 2.38 bits per heavy atom. The average molecular weight is 361 g/mol. The first-order valence-corrected chi connectivity index (χ1v) is 9.47. The molecule has 0 aromatic heterocycles. The molecule has 0 saturated carbocycles. The highest BCUT2D eigenvalue weighted by molar-refractivity contribution is 9.18. The van der Waals surface area contributed by atoms with Gasteiger partial charge in [0.05, 0.1) is 6.10 Å². The van der Waals surface area contributed by atoms with Gasteiger partial charge in [0, 0.05) is 6.42 Å². The molecular weight excluding hydrogens is 328 g/mol. The van der Waals surface area contributed by atoms with Crippen LogP contribution in [0, 0.1) is 0 Å². The smallest absolute Gasteiger partial charge is 0.197 e. The van der Waals surface area contributed by atoms with Crippen LogP contribution < -0.4 is 0 Å². The molecule has 21 heavy (non-hydrogen) atoms. The van der Waals surface area contributed by atoms with E-state index in [1.165, 1.54) is 38.5 Å². The maximum absolute atomic E-state index is 10.7. The molecule has 0 saturated heterocycles. The number of hydrogen-bond donors (Lipinski definition) is 1. The lowest BCUT2D eigenvalue weighted by atomic mass is 10.1. The van der Waals surface area contributed by atoms with Crippen molar-refractivity contribution in [3.05, 3.63) is 12.2 Å². The van der Waals surface area contributed by atoms with Crippen LogP contribution in [-0.2, 0) is 4.79 Å². The largest absolute Gasteiger partial charge is 0.393 e. The molecule has 0 aromatic rings. The Bertz CT molecular complexity index is 264. The normalized spacial score (nSPS) is 12.9. The Hall–Kier alpha value is -0.150. The summed E-state index contributed by atoms with van der Waals surface area (Å²) in [4.78, 5) is 10.7. The van der Waals surface area contributed by atoms with E-state index in [0.717, 1.165) is 38.5 Å². The van der Waals surface area contributed by atoms with E-state index in [0.29, 0.717) is 6.42 Å². The zero-order valence-electron chi connectivity index (χ0n) is 13.7. The molecule has 0 amide bonds. The fourth-order valence-corrected chi connectivity index (χ4v) is 2.63. The Morgan fingerprint density at radius 2 is 1.67 bits per heavy atom. The number of aliphatic hydroxyl groups excluding tert-OH is 1. The number of rotatable bonds is 15. The van der Waals surface area contributed by atoms with Gasteiger partial charge in [-0.2, -0.15) is 0 Å². The number of halogens is 1. The minimum Gasteiger partial charge on any atom is -0.393 e. The van der Waals surface area contributed by atoms with Gasteiger partial charge in [0.1, 0.15) is 0 Å². The van der Waals surface area contributed by atoms with Crippen LogP contribution in [0.1, 0.15) is 90.4 Å². The Labute approximate surface area is 139 Å². The van der Waals surface area contributed by atoms with Gasteiger partial charge in [-0.1, -0.05) is 64.0 Å². The molecule has 124 valence electrons. The summed E-state index contributed by atoms with van der Waals surface area (Å²) < 4.78 is 0.124. The number of unbranched alkanes of at least 4 members (excludes halogenated alkanes) is 8. The van der Waals surface area contributed by atoms with Crippen molar-refractivity contribution in [1.82, 2.24) is 0 Å². The lowest BCUT2D eigenvalue weighted by Crippen LogP contribution is -2.04. The van der Waals surface area contributed by atoms with Crippen molar-refractivity contribution >= 4 is 20.6 Å². The molecule has 0 aliphatic rings. The highest BCUT2D eigenvalue weighted by Gasteiger charge is 2.00. The molecule has 0 bridgehead atoms. The minimum atomic E-state index is -0.153. The third-order valence-electron chi connectivity index (χ3n) is 3.71. The number of carbonyl (C=O) groups is 1. The molecule has 0 radical (unpaired) electrons. The van der Waals surface area contributed by atoms with Crippen LogP contribution in [0.15, 0.2) is 12.2 Å². The molecule has 2 nitrogen and oxygen atoms in total. The van der Waals surface area contributed by atoms with E-state index in [-0.39, 0.29) is 10.8 Å². The molecule has 0 aromatic carbocycles. The number of allylic oxidation sites excluding steroid dienone is 1. The Kier molecular flexibility index (Phi) is 16.1. The molecule has 3 heteroatoms. The summed E-state index contributed by atoms with van der Waals surface area (Å²) in [5.41, 5.74) is 0. The van der Waals surface area contributed by atoms with E-state index < -0.39 is 0 Å². The van der Waals surface area contributed by atoms with Gasteiger partial charge in [-0.3, -0.25) is 4.79 Å². The number of carbonyl (C=O) groups excluding carboxylic acids is 1. The second-order valence-electron chi connectivity index (χ2n) is 5.87. The fourth-order valence-electron chi connectivity index (χ4n) is 2.35. The summed E-state index contributed by atoms with van der Waals surface area (Å²) in [5.74, 6) is 0. The summed E-state index contributed by atoms with van der Waals surface area (Å²) in [6.45, 7) is 2.21. The van der Waals surface area contributed by atoms with Crippen molar-refractivity contribution in [1.29, 1.82) is 0 Å². The van der Waals surface area contributed by atoms with Crippen LogP contribution in [0.2, 0.25) is 0 Å². The average Bonchev–Trinajstić information content (AvgIpc) is 2.45. The van der Waals surface area contributed by atoms with E-state index in [4.69, 9.17) is 0 Å². The number of hydrogen-bond acceptors (Lipinski definition) is 2. The molecule has 0 rings (SSSR count). The third-order valence-corrected chi connectivity index (χ3v) is 4.11. The van der Waals surface area contributed by atoms with Crippen LogP contribution in [0.5, 0.6) is 0 Å². The van der Waals surface area contributed by atoms with Gasteiger partial charge in [0.25, 0.3) is 0 Å². The molecule has 0 heterocycles. The van der Waals surface area contributed by atoms with Gasteiger partial charge in [-0.15, -0.1) is 0 Å². The summed E-state index contributed by atoms with van der Waals surface area (Å²) in [6, 6.07) is 0. The second-order valence-corrected chi connectivity index (χ2v) is 6.76. The fraction of sp³-hybridized carbons (Fsp3) is 0.833. The summed E-state index contributed by atoms with van der Waals surface area (Å²) in [7, 11) is 0. The standard InChI is InChI=1S/C18H33BrO2/c1-2-3-4-11-14-17(20)15-12-9-7-5-6-8-10-13-16-18(19)21/h9,12,17,20H,2-8,10-11,13-16H2,1H3/b12-9-/t17-/m1/s1. The number of aliphatic hydroxyl groups is 1. The van der Waals surface area contributed by atoms with Crippen LogP contribution in [0.25, 0.3) is 0 Å². The monoisotopic (exact) mass is 360 g/mol.